The van der Waals surface area contributed by atoms with Gasteiger partial charge in [-0.15, -0.1) is 12.4 Å². The summed E-state index contributed by atoms with van der Waals surface area (Å²) in [7, 11) is 0. The smallest absolute Gasteiger partial charge is 0.274 e. The predicted octanol–water partition coefficient (Wildman–Crippen LogP) is 3.11. The van der Waals surface area contributed by atoms with Crippen molar-refractivity contribution >= 4 is 34.2 Å². The van der Waals surface area contributed by atoms with Crippen molar-refractivity contribution in [2.45, 2.75) is 38.1 Å². The number of hydrogen-bond acceptors (Lipinski definition) is 3. The van der Waals surface area contributed by atoms with Gasteiger partial charge in [0.2, 0.25) is 0 Å². The zero-order valence-electron chi connectivity index (χ0n) is 13.9. The SMILES string of the molecule is Cl.N[C@@H]1CCN(C(=O)c2nn(-c3cccc(Br)c3)c3c2CCCC3)C1. The molecule has 1 saturated heterocycles. The molecule has 1 amide bonds. The molecule has 2 aliphatic rings. The fourth-order valence-electron chi connectivity index (χ4n) is 3.71. The van der Waals surface area contributed by atoms with E-state index in [4.69, 9.17) is 10.8 Å². The lowest BCUT2D eigenvalue weighted by molar-refractivity contribution is 0.0783. The molecule has 0 spiro atoms. The first-order chi connectivity index (χ1) is 11.6. The van der Waals surface area contributed by atoms with Crippen LogP contribution in [0.2, 0.25) is 0 Å². The Hall–Kier alpha value is -1.37. The lowest BCUT2D eigenvalue weighted by Gasteiger charge is -2.17. The summed E-state index contributed by atoms with van der Waals surface area (Å²) in [5, 5.41) is 4.74. The molecule has 0 radical (unpaired) electrons. The topological polar surface area (TPSA) is 64.2 Å². The van der Waals surface area contributed by atoms with Crippen LogP contribution in [-0.4, -0.2) is 39.7 Å². The van der Waals surface area contributed by atoms with E-state index in [0.717, 1.165) is 54.4 Å². The average molecular weight is 426 g/mol. The highest BCUT2D eigenvalue weighted by Crippen LogP contribution is 2.29. The van der Waals surface area contributed by atoms with Crippen molar-refractivity contribution in [3.63, 3.8) is 0 Å². The van der Waals surface area contributed by atoms with Gasteiger partial charge in [0.05, 0.1) is 5.69 Å². The Morgan fingerprint density at radius 2 is 2.08 bits per heavy atom. The minimum Gasteiger partial charge on any atom is -0.336 e. The van der Waals surface area contributed by atoms with Gasteiger partial charge in [-0.3, -0.25) is 4.79 Å². The molecular formula is C18H22BrClN4O. The Morgan fingerprint density at radius 1 is 1.28 bits per heavy atom. The summed E-state index contributed by atoms with van der Waals surface area (Å²) in [6.07, 6.45) is 5.05. The number of benzene rings is 1. The van der Waals surface area contributed by atoms with E-state index in [1.165, 1.54) is 5.69 Å². The molecule has 7 heteroatoms. The number of aromatic nitrogens is 2. The fraction of sp³-hybridized carbons (Fsp3) is 0.444. The number of carbonyl (C=O) groups excluding carboxylic acids is 1. The molecular weight excluding hydrogens is 404 g/mol. The maximum Gasteiger partial charge on any atom is 0.274 e. The predicted molar refractivity (Wildman–Crippen MR) is 104 cm³/mol. The molecule has 1 aliphatic carbocycles. The monoisotopic (exact) mass is 424 g/mol. The Labute approximate surface area is 162 Å². The van der Waals surface area contributed by atoms with Gasteiger partial charge in [-0.05, 0) is 50.3 Å². The molecule has 5 nitrogen and oxygen atoms in total. The lowest BCUT2D eigenvalue weighted by atomic mass is 9.95. The molecule has 1 aromatic heterocycles. The van der Waals surface area contributed by atoms with Gasteiger partial charge in [-0.1, -0.05) is 22.0 Å². The van der Waals surface area contributed by atoms with Gasteiger partial charge >= 0.3 is 0 Å². The summed E-state index contributed by atoms with van der Waals surface area (Å²) in [5.41, 5.74) is 9.91. The van der Waals surface area contributed by atoms with Crippen LogP contribution in [0.3, 0.4) is 0 Å². The van der Waals surface area contributed by atoms with Crippen molar-refractivity contribution in [1.29, 1.82) is 0 Å². The molecule has 0 saturated carbocycles. The minimum atomic E-state index is 0. The van der Waals surface area contributed by atoms with Gasteiger partial charge in [-0.2, -0.15) is 5.10 Å². The molecule has 1 fully saturated rings. The van der Waals surface area contributed by atoms with Crippen LogP contribution in [0.15, 0.2) is 28.7 Å². The normalized spacial score (nSPS) is 19.4. The number of likely N-dealkylation sites (tertiary alicyclic amines) is 1. The number of nitrogens with two attached hydrogens (primary N) is 1. The second kappa shape index (κ2) is 7.48. The molecule has 2 aromatic rings. The Balaban J connectivity index is 0.00000182. The first-order valence-corrected chi connectivity index (χ1v) is 9.34. The van der Waals surface area contributed by atoms with Crippen LogP contribution in [0.4, 0.5) is 0 Å². The first-order valence-electron chi connectivity index (χ1n) is 8.55. The van der Waals surface area contributed by atoms with Crippen molar-refractivity contribution in [2.75, 3.05) is 13.1 Å². The van der Waals surface area contributed by atoms with Crippen molar-refractivity contribution in [3.8, 4) is 5.69 Å². The second-order valence-electron chi connectivity index (χ2n) is 6.67. The molecule has 1 aliphatic heterocycles. The van der Waals surface area contributed by atoms with Crippen molar-refractivity contribution in [1.82, 2.24) is 14.7 Å². The van der Waals surface area contributed by atoms with Crippen LogP contribution < -0.4 is 5.73 Å². The highest BCUT2D eigenvalue weighted by Gasteiger charge is 2.31. The van der Waals surface area contributed by atoms with E-state index in [-0.39, 0.29) is 24.4 Å². The molecule has 134 valence electrons. The molecule has 1 aromatic carbocycles. The zero-order chi connectivity index (χ0) is 16.7. The number of carbonyl (C=O) groups is 1. The van der Waals surface area contributed by atoms with E-state index >= 15 is 0 Å². The summed E-state index contributed by atoms with van der Waals surface area (Å²) in [6.45, 7) is 1.37. The van der Waals surface area contributed by atoms with Crippen LogP contribution in [0.5, 0.6) is 0 Å². The second-order valence-corrected chi connectivity index (χ2v) is 7.59. The third-order valence-corrected chi connectivity index (χ3v) is 5.44. The van der Waals surface area contributed by atoms with E-state index in [1.807, 2.05) is 33.8 Å². The van der Waals surface area contributed by atoms with Gasteiger partial charge in [0.25, 0.3) is 5.91 Å². The third-order valence-electron chi connectivity index (χ3n) is 4.95. The number of fused-ring (bicyclic) bond motifs is 1. The molecule has 0 bridgehead atoms. The summed E-state index contributed by atoms with van der Waals surface area (Å²) < 4.78 is 2.97. The highest BCUT2D eigenvalue weighted by atomic mass is 79.9. The van der Waals surface area contributed by atoms with Gasteiger partial charge in [0, 0.05) is 34.9 Å². The minimum absolute atomic E-state index is 0. The van der Waals surface area contributed by atoms with Gasteiger partial charge in [0.15, 0.2) is 5.69 Å². The van der Waals surface area contributed by atoms with Crippen LogP contribution in [-0.2, 0) is 12.8 Å². The largest absolute Gasteiger partial charge is 0.336 e. The third kappa shape index (κ3) is 3.48. The molecule has 2 N–H and O–H groups in total. The highest BCUT2D eigenvalue weighted by molar-refractivity contribution is 9.10. The molecule has 0 unspecified atom stereocenters. The Kier molecular flexibility index (Phi) is 5.51. The van der Waals surface area contributed by atoms with Crippen molar-refractivity contribution in [3.05, 3.63) is 45.7 Å². The summed E-state index contributed by atoms with van der Waals surface area (Å²) in [5.74, 6) is 0.0369. The zero-order valence-corrected chi connectivity index (χ0v) is 16.4. The number of halogens is 2. The lowest BCUT2D eigenvalue weighted by Crippen LogP contribution is -2.32. The van der Waals surface area contributed by atoms with E-state index in [1.54, 1.807) is 0 Å². The average Bonchev–Trinajstić information content (AvgIpc) is 3.18. The quantitative estimate of drug-likeness (QED) is 0.804. The number of amides is 1. The summed E-state index contributed by atoms with van der Waals surface area (Å²) in [4.78, 5) is 14.8. The maximum absolute atomic E-state index is 13.0. The van der Waals surface area contributed by atoms with E-state index < -0.39 is 0 Å². The molecule has 25 heavy (non-hydrogen) atoms. The van der Waals surface area contributed by atoms with Crippen molar-refractivity contribution in [2.24, 2.45) is 5.73 Å². The molecule has 4 rings (SSSR count). The molecule has 1 atom stereocenters. The van der Waals surface area contributed by atoms with Gasteiger partial charge in [0.1, 0.15) is 0 Å². The van der Waals surface area contributed by atoms with E-state index in [2.05, 4.69) is 15.9 Å². The standard InChI is InChI=1S/C18H21BrN4O.ClH/c19-12-4-3-5-14(10-12)23-16-7-2-1-6-15(16)17(21-23)18(24)22-9-8-13(20)11-22;/h3-5,10,13H,1-2,6-9,11,20H2;1H/t13-;/m1./s1. The van der Waals surface area contributed by atoms with Gasteiger partial charge < -0.3 is 10.6 Å². The van der Waals surface area contributed by atoms with Crippen LogP contribution in [0.1, 0.15) is 41.0 Å². The van der Waals surface area contributed by atoms with E-state index in [0.29, 0.717) is 12.2 Å². The van der Waals surface area contributed by atoms with Gasteiger partial charge in [-0.25, -0.2) is 4.68 Å². The fourth-order valence-corrected chi connectivity index (χ4v) is 4.10. The molecule has 2 heterocycles. The maximum atomic E-state index is 13.0. The van der Waals surface area contributed by atoms with Crippen LogP contribution in [0.25, 0.3) is 5.69 Å². The number of hydrogen-bond donors (Lipinski definition) is 1. The van der Waals surface area contributed by atoms with Crippen LogP contribution in [0, 0.1) is 0 Å². The Bertz CT molecular complexity index is 791. The number of nitrogens with zero attached hydrogens (tertiary/aromatic N) is 3. The Morgan fingerprint density at radius 3 is 2.80 bits per heavy atom. The van der Waals surface area contributed by atoms with E-state index in [9.17, 15) is 4.79 Å². The summed E-state index contributed by atoms with van der Waals surface area (Å²) >= 11 is 3.52. The first kappa shape index (κ1) is 18.4. The summed E-state index contributed by atoms with van der Waals surface area (Å²) in [6, 6.07) is 8.17. The van der Waals surface area contributed by atoms with Crippen molar-refractivity contribution < 1.29 is 4.79 Å². The van der Waals surface area contributed by atoms with Crippen LogP contribution >= 0.6 is 28.3 Å². The number of rotatable bonds is 2.